The number of carbonyl (C=O) groups excluding carboxylic acids is 2. The summed E-state index contributed by atoms with van der Waals surface area (Å²) in [4.78, 5) is 36.6. The lowest BCUT2D eigenvalue weighted by Crippen LogP contribution is -2.23. The Balaban J connectivity index is 2.41. The molecule has 0 radical (unpaired) electrons. The van der Waals surface area contributed by atoms with E-state index in [-0.39, 0.29) is 35.5 Å². The fourth-order valence-electron chi connectivity index (χ4n) is 1.72. The van der Waals surface area contributed by atoms with E-state index < -0.39 is 0 Å². The standard InChI is InChI=1S/C17H20BrN5O2/c1-9(2)14(24)21-16-19-13(11-5-7-12(18)8-6-11)20-17(23-16)22-15(25)10(3)4/h5-10H,1-4H3,(H2,19,20,21,22,23,24,25). The van der Waals surface area contributed by atoms with Crippen LogP contribution >= 0.6 is 15.9 Å². The number of benzene rings is 1. The van der Waals surface area contributed by atoms with Gasteiger partial charge in [-0.25, -0.2) is 0 Å². The van der Waals surface area contributed by atoms with Crippen LogP contribution in [0.1, 0.15) is 27.7 Å². The van der Waals surface area contributed by atoms with E-state index >= 15 is 0 Å². The Morgan fingerprint density at radius 2 is 1.28 bits per heavy atom. The molecular weight excluding hydrogens is 386 g/mol. The van der Waals surface area contributed by atoms with Crippen molar-refractivity contribution in [2.45, 2.75) is 27.7 Å². The Labute approximate surface area is 154 Å². The maximum Gasteiger partial charge on any atom is 0.234 e. The van der Waals surface area contributed by atoms with Gasteiger partial charge in [-0.3, -0.25) is 20.2 Å². The summed E-state index contributed by atoms with van der Waals surface area (Å²) in [5, 5.41) is 5.29. The third-order valence-electron chi connectivity index (χ3n) is 3.26. The highest BCUT2D eigenvalue weighted by Crippen LogP contribution is 2.21. The largest absolute Gasteiger partial charge is 0.294 e. The second-order valence-electron chi connectivity index (χ2n) is 6.10. The molecule has 1 aromatic heterocycles. The number of amides is 2. The molecule has 0 unspecified atom stereocenters. The van der Waals surface area contributed by atoms with Gasteiger partial charge in [0.1, 0.15) is 0 Å². The van der Waals surface area contributed by atoms with Gasteiger partial charge in [0.25, 0.3) is 0 Å². The number of aromatic nitrogens is 3. The molecular formula is C17H20BrN5O2. The van der Waals surface area contributed by atoms with Crippen molar-refractivity contribution < 1.29 is 9.59 Å². The molecule has 0 atom stereocenters. The first-order chi connectivity index (χ1) is 11.8. The molecule has 7 nitrogen and oxygen atoms in total. The van der Waals surface area contributed by atoms with Gasteiger partial charge in [-0.1, -0.05) is 55.8 Å². The van der Waals surface area contributed by atoms with Gasteiger partial charge in [0.05, 0.1) is 0 Å². The van der Waals surface area contributed by atoms with Crippen LogP contribution in [0.15, 0.2) is 28.7 Å². The molecule has 132 valence electrons. The number of rotatable bonds is 5. The molecule has 0 spiro atoms. The fraction of sp³-hybridized carbons (Fsp3) is 0.353. The second-order valence-corrected chi connectivity index (χ2v) is 7.02. The van der Waals surface area contributed by atoms with Crippen molar-refractivity contribution in [2.75, 3.05) is 10.6 Å². The number of nitrogens with one attached hydrogen (secondary N) is 2. The van der Waals surface area contributed by atoms with Crippen molar-refractivity contribution in [1.29, 1.82) is 0 Å². The summed E-state index contributed by atoms with van der Waals surface area (Å²) in [6, 6.07) is 7.39. The van der Waals surface area contributed by atoms with E-state index in [2.05, 4.69) is 41.5 Å². The maximum atomic E-state index is 11.9. The first-order valence-corrected chi connectivity index (χ1v) is 8.69. The second kappa shape index (κ2) is 8.15. The minimum Gasteiger partial charge on any atom is -0.294 e. The molecule has 1 aromatic carbocycles. The van der Waals surface area contributed by atoms with Crippen LogP contribution < -0.4 is 10.6 Å². The summed E-state index contributed by atoms with van der Waals surface area (Å²) in [7, 11) is 0. The molecule has 8 heteroatoms. The summed E-state index contributed by atoms with van der Waals surface area (Å²) in [6.45, 7) is 7.09. The average Bonchev–Trinajstić information content (AvgIpc) is 2.55. The van der Waals surface area contributed by atoms with Crippen molar-refractivity contribution in [3.63, 3.8) is 0 Å². The van der Waals surface area contributed by atoms with Crippen molar-refractivity contribution in [3.05, 3.63) is 28.7 Å². The Bertz CT molecular complexity index is 735. The van der Waals surface area contributed by atoms with E-state index in [1.54, 1.807) is 27.7 Å². The highest BCUT2D eigenvalue weighted by molar-refractivity contribution is 9.10. The molecule has 0 saturated carbocycles. The van der Waals surface area contributed by atoms with Gasteiger partial charge in [0, 0.05) is 21.9 Å². The van der Waals surface area contributed by atoms with Gasteiger partial charge < -0.3 is 0 Å². The lowest BCUT2D eigenvalue weighted by molar-refractivity contribution is -0.119. The predicted molar refractivity (Wildman–Crippen MR) is 99.9 cm³/mol. The van der Waals surface area contributed by atoms with Crippen LogP contribution in [-0.2, 0) is 9.59 Å². The monoisotopic (exact) mass is 405 g/mol. The zero-order valence-corrected chi connectivity index (χ0v) is 16.1. The van der Waals surface area contributed by atoms with Crippen LogP contribution in [0.25, 0.3) is 11.4 Å². The lowest BCUT2D eigenvalue weighted by Gasteiger charge is -2.11. The number of nitrogens with zero attached hydrogens (tertiary/aromatic N) is 3. The molecule has 2 amide bonds. The first kappa shape index (κ1) is 19.0. The number of carbonyl (C=O) groups is 2. The lowest BCUT2D eigenvalue weighted by atomic mass is 10.2. The van der Waals surface area contributed by atoms with E-state index in [9.17, 15) is 9.59 Å². The van der Waals surface area contributed by atoms with Crippen LogP contribution in [0, 0.1) is 11.8 Å². The van der Waals surface area contributed by atoms with Crippen molar-refractivity contribution in [3.8, 4) is 11.4 Å². The molecule has 0 fully saturated rings. The van der Waals surface area contributed by atoms with Gasteiger partial charge in [-0.15, -0.1) is 0 Å². The molecule has 0 aliphatic carbocycles. The zero-order chi connectivity index (χ0) is 18.6. The van der Waals surface area contributed by atoms with E-state index in [0.29, 0.717) is 5.82 Å². The number of anilines is 2. The van der Waals surface area contributed by atoms with Crippen LogP contribution in [0.4, 0.5) is 11.9 Å². The highest BCUT2D eigenvalue weighted by Gasteiger charge is 2.15. The van der Waals surface area contributed by atoms with Crippen molar-refractivity contribution in [1.82, 2.24) is 15.0 Å². The van der Waals surface area contributed by atoms with Crippen LogP contribution in [0.5, 0.6) is 0 Å². The molecule has 2 aromatic rings. The van der Waals surface area contributed by atoms with Gasteiger partial charge in [-0.2, -0.15) is 15.0 Å². The fourth-order valence-corrected chi connectivity index (χ4v) is 1.99. The predicted octanol–water partition coefficient (Wildman–Crippen LogP) is 3.49. The maximum absolute atomic E-state index is 11.9. The van der Waals surface area contributed by atoms with Crippen LogP contribution in [0.3, 0.4) is 0 Å². The minimum atomic E-state index is -0.221. The van der Waals surface area contributed by atoms with Crippen LogP contribution in [0.2, 0.25) is 0 Å². The summed E-state index contributed by atoms with van der Waals surface area (Å²) < 4.78 is 0.923. The SMILES string of the molecule is CC(C)C(=O)Nc1nc(NC(=O)C(C)C)nc(-c2ccc(Br)cc2)n1. The minimum absolute atomic E-state index is 0.102. The molecule has 0 aliphatic rings. The molecule has 0 saturated heterocycles. The first-order valence-electron chi connectivity index (χ1n) is 7.90. The highest BCUT2D eigenvalue weighted by atomic mass is 79.9. The van der Waals surface area contributed by atoms with Crippen molar-refractivity contribution >= 4 is 39.6 Å². The summed E-state index contributed by atoms with van der Waals surface area (Å²) in [6.07, 6.45) is 0. The van der Waals surface area contributed by atoms with E-state index in [0.717, 1.165) is 10.0 Å². The summed E-state index contributed by atoms with van der Waals surface area (Å²) in [5.74, 6) is -0.302. The third kappa shape index (κ3) is 5.32. The number of hydrogen-bond acceptors (Lipinski definition) is 5. The Morgan fingerprint density at radius 1 is 0.840 bits per heavy atom. The van der Waals surface area contributed by atoms with E-state index in [4.69, 9.17) is 0 Å². The van der Waals surface area contributed by atoms with E-state index in [1.165, 1.54) is 0 Å². The molecule has 25 heavy (non-hydrogen) atoms. The third-order valence-corrected chi connectivity index (χ3v) is 3.79. The quantitative estimate of drug-likeness (QED) is 0.793. The molecule has 0 bridgehead atoms. The average molecular weight is 406 g/mol. The molecule has 1 heterocycles. The van der Waals surface area contributed by atoms with Gasteiger partial charge >= 0.3 is 0 Å². The van der Waals surface area contributed by atoms with Crippen molar-refractivity contribution in [2.24, 2.45) is 11.8 Å². The molecule has 2 rings (SSSR count). The molecule has 0 aliphatic heterocycles. The Hall–Kier alpha value is -2.35. The smallest absolute Gasteiger partial charge is 0.234 e. The number of halogens is 1. The Morgan fingerprint density at radius 3 is 1.68 bits per heavy atom. The number of hydrogen-bond donors (Lipinski definition) is 2. The van der Waals surface area contributed by atoms with Gasteiger partial charge in [0.15, 0.2) is 5.82 Å². The molecule has 2 N–H and O–H groups in total. The zero-order valence-electron chi connectivity index (χ0n) is 14.5. The topological polar surface area (TPSA) is 96.9 Å². The van der Waals surface area contributed by atoms with Crippen LogP contribution in [-0.4, -0.2) is 26.8 Å². The summed E-state index contributed by atoms with van der Waals surface area (Å²) >= 11 is 3.38. The normalized spacial score (nSPS) is 10.8. The van der Waals surface area contributed by atoms with Gasteiger partial charge in [-0.05, 0) is 12.1 Å². The summed E-state index contributed by atoms with van der Waals surface area (Å²) in [5.41, 5.74) is 0.741. The van der Waals surface area contributed by atoms with Gasteiger partial charge in [0.2, 0.25) is 23.7 Å². The Kier molecular flexibility index (Phi) is 6.19. The van der Waals surface area contributed by atoms with E-state index in [1.807, 2.05) is 24.3 Å².